The highest BCUT2D eigenvalue weighted by atomic mass is 16.2. The number of hydrogen-bond donors (Lipinski definition) is 0. The van der Waals surface area contributed by atoms with E-state index in [0.29, 0.717) is 6.42 Å². The summed E-state index contributed by atoms with van der Waals surface area (Å²) in [7, 11) is 0. The average Bonchev–Trinajstić information content (AvgIpc) is 3.25. The van der Waals surface area contributed by atoms with Gasteiger partial charge in [-0.2, -0.15) is 0 Å². The van der Waals surface area contributed by atoms with Crippen LogP contribution in [0.3, 0.4) is 0 Å². The Labute approximate surface area is 137 Å². The second-order valence-corrected chi connectivity index (χ2v) is 6.46. The van der Waals surface area contributed by atoms with Crippen LogP contribution < -0.4 is 9.80 Å². The Morgan fingerprint density at radius 2 is 1.74 bits per heavy atom. The Morgan fingerprint density at radius 3 is 2.52 bits per heavy atom. The highest BCUT2D eigenvalue weighted by molar-refractivity contribution is 5.97. The molecule has 0 spiro atoms. The van der Waals surface area contributed by atoms with Crippen molar-refractivity contribution in [3.8, 4) is 0 Å². The van der Waals surface area contributed by atoms with Crippen molar-refractivity contribution in [2.24, 2.45) is 0 Å². The fourth-order valence-electron chi connectivity index (χ4n) is 3.69. The van der Waals surface area contributed by atoms with Crippen LogP contribution in [0.4, 0.5) is 11.4 Å². The molecule has 0 saturated carbocycles. The molecule has 2 aromatic rings. The first-order chi connectivity index (χ1) is 11.3. The zero-order valence-corrected chi connectivity index (χ0v) is 13.4. The first-order valence-corrected chi connectivity index (χ1v) is 8.53. The summed E-state index contributed by atoms with van der Waals surface area (Å²) in [5.41, 5.74) is 4.82. The van der Waals surface area contributed by atoms with Crippen molar-refractivity contribution in [1.29, 1.82) is 0 Å². The number of fused-ring (bicyclic) bond motifs is 1. The minimum Gasteiger partial charge on any atom is -0.372 e. The second-order valence-electron chi connectivity index (χ2n) is 6.46. The zero-order chi connectivity index (χ0) is 15.6. The first-order valence-electron chi connectivity index (χ1n) is 8.53. The average molecular weight is 306 g/mol. The largest absolute Gasteiger partial charge is 0.372 e. The summed E-state index contributed by atoms with van der Waals surface area (Å²) < 4.78 is 0. The van der Waals surface area contributed by atoms with Gasteiger partial charge in [0, 0.05) is 31.0 Å². The van der Waals surface area contributed by atoms with Gasteiger partial charge in [0.05, 0.1) is 6.42 Å². The molecular weight excluding hydrogens is 284 g/mol. The van der Waals surface area contributed by atoms with E-state index in [0.717, 1.165) is 37.3 Å². The van der Waals surface area contributed by atoms with Crippen molar-refractivity contribution in [1.82, 2.24) is 0 Å². The normalized spacial score (nSPS) is 16.7. The Bertz CT molecular complexity index is 705. The molecule has 3 heteroatoms. The topological polar surface area (TPSA) is 23.6 Å². The summed E-state index contributed by atoms with van der Waals surface area (Å²) >= 11 is 0. The van der Waals surface area contributed by atoms with Crippen LogP contribution in [-0.2, 0) is 17.6 Å². The summed E-state index contributed by atoms with van der Waals surface area (Å²) in [5.74, 6) is 0.198. The summed E-state index contributed by atoms with van der Waals surface area (Å²) in [6.45, 7) is 3.13. The number of hydrogen-bond acceptors (Lipinski definition) is 2. The van der Waals surface area contributed by atoms with Crippen LogP contribution in [0.1, 0.15) is 24.0 Å². The first kappa shape index (κ1) is 14.3. The molecule has 2 aromatic carbocycles. The lowest BCUT2D eigenvalue weighted by atomic mass is 10.1. The van der Waals surface area contributed by atoms with E-state index in [2.05, 4.69) is 23.1 Å². The van der Waals surface area contributed by atoms with Gasteiger partial charge in [-0.05, 0) is 48.6 Å². The Hall–Kier alpha value is -2.29. The van der Waals surface area contributed by atoms with Gasteiger partial charge in [0.25, 0.3) is 0 Å². The van der Waals surface area contributed by atoms with Crippen LogP contribution in [-0.4, -0.2) is 25.5 Å². The van der Waals surface area contributed by atoms with Gasteiger partial charge in [0.2, 0.25) is 5.91 Å². The van der Waals surface area contributed by atoms with Gasteiger partial charge in [0.15, 0.2) is 0 Å². The maximum Gasteiger partial charge on any atom is 0.231 e. The molecule has 2 aliphatic rings. The Kier molecular flexibility index (Phi) is 3.78. The van der Waals surface area contributed by atoms with Crippen molar-refractivity contribution in [3.63, 3.8) is 0 Å². The summed E-state index contributed by atoms with van der Waals surface area (Å²) in [6, 6.07) is 16.6. The molecule has 0 atom stereocenters. The highest BCUT2D eigenvalue weighted by Crippen LogP contribution is 2.33. The predicted molar refractivity (Wildman–Crippen MR) is 94.1 cm³/mol. The van der Waals surface area contributed by atoms with Crippen molar-refractivity contribution < 1.29 is 4.79 Å². The SMILES string of the molecule is O=C(Cc1ccccc1)N1CCc2cc(N3CCCC3)ccc21. The summed E-state index contributed by atoms with van der Waals surface area (Å²) in [6.07, 6.45) is 4.03. The molecule has 1 saturated heterocycles. The van der Waals surface area contributed by atoms with Crippen molar-refractivity contribution >= 4 is 17.3 Å². The molecule has 118 valence electrons. The van der Waals surface area contributed by atoms with E-state index in [1.807, 2.05) is 35.2 Å². The smallest absolute Gasteiger partial charge is 0.231 e. The maximum absolute atomic E-state index is 12.6. The molecule has 1 amide bonds. The van der Waals surface area contributed by atoms with E-state index < -0.39 is 0 Å². The van der Waals surface area contributed by atoms with Gasteiger partial charge in [-0.25, -0.2) is 0 Å². The third kappa shape index (κ3) is 2.83. The van der Waals surface area contributed by atoms with Gasteiger partial charge in [-0.15, -0.1) is 0 Å². The number of benzene rings is 2. The van der Waals surface area contributed by atoms with Crippen LogP contribution in [0.25, 0.3) is 0 Å². The molecule has 4 rings (SSSR count). The minimum atomic E-state index is 0.198. The van der Waals surface area contributed by atoms with E-state index in [9.17, 15) is 4.79 Å². The number of anilines is 2. The molecule has 3 nitrogen and oxygen atoms in total. The van der Waals surface area contributed by atoms with Gasteiger partial charge in [-0.1, -0.05) is 30.3 Å². The van der Waals surface area contributed by atoms with E-state index in [1.165, 1.54) is 24.1 Å². The third-order valence-electron chi connectivity index (χ3n) is 4.93. The molecule has 0 unspecified atom stereocenters. The van der Waals surface area contributed by atoms with Crippen LogP contribution in [0.15, 0.2) is 48.5 Å². The summed E-state index contributed by atoms with van der Waals surface area (Å²) in [4.78, 5) is 17.0. The molecule has 23 heavy (non-hydrogen) atoms. The number of rotatable bonds is 3. The zero-order valence-electron chi connectivity index (χ0n) is 13.4. The van der Waals surface area contributed by atoms with Gasteiger partial charge >= 0.3 is 0 Å². The van der Waals surface area contributed by atoms with Crippen LogP contribution >= 0.6 is 0 Å². The van der Waals surface area contributed by atoms with Crippen LogP contribution in [0, 0.1) is 0 Å². The maximum atomic E-state index is 12.6. The predicted octanol–water partition coefficient (Wildman–Crippen LogP) is 3.42. The molecule has 2 heterocycles. The molecular formula is C20H22N2O. The number of carbonyl (C=O) groups is 1. The fourth-order valence-corrected chi connectivity index (χ4v) is 3.69. The Morgan fingerprint density at radius 1 is 0.957 bits per heavy atom. The molecule has 0 aliphatic carbocycles. The molecule has 0 aromatic heterocycles. The molecule has 0 radical (unpaired) electrons. The number of carbonyl (C=O) groups excluding carboxylic acids is 1. The van der Waals surface area contributed by atoms with Crippen molar-refractivity contribution in [3.05, 3.63) is 59.7 Å². The van der Waals surface area contributed by atoms with Crippen molar-refractivity contribution in [2.45, 2.75) is 25.7 Å². The van der Waals surface area contributed by atoms with E-state index in [-0.39, 0.29) is 5.91 Å². The molecule has 0 N–H and O–H groups in total. The number of nitrogens with zero attached hydrogens (tertiary/aromatic N) is 2. The Balaban J connectivity index is 1.52. The van der Waals surface area contributed by atoms with Gasteiger partial charge in [-0.3, -0.25) is 4.79 Å². The monoisotopic (exact) mass is 306 g/mol. The second kappa shape index (κ2) is 6.07. The minimum absolute atomic E-state index is 0.198. The lowest BCUT2D eigenvalue weighted by Gasteiger charge is -2.21. The lowest BCUT2D eigenvalue weighted by Crippen LogP contribution is -2.30. The standard InChI is InChI=1S/C20H22N2O/c23-20(14-16-6-2-1-3-7-16)22-13-10-17-15-18(8-9-19(17)22)21-11-4-5-12-21/h1-3,6-9,15H,4-5,10-14H2. The fraction of sp³-hybridized carbons (Fsp3) is 0.350. The highest BCUT2D eigenvalue weighted by Gasteiger charge is 2.25. The molecule has 2 aliphatic heterocycles. The molecule has 0 bridgehead atoms. The van der Waals surface area contributed by atoms with Gasteiger partial charge < -0.3 is 9.80 Å². The van der Waals surface area contributed by atoms with Crippen molar-refractivity contribution in [2.75, 3.05) is 29.4 Å². The van der Waals surface area contributed by atoms with Gasteiger partial charge in [0.1, 0.15) is 0 Å². The van der Waals surface area contributed by atoms with Crippen LogP contribution in [0.5, 0.6) is 0 Å². The third-order valence-corrected chi connectivity index (χ3v) is 4.93. The number of amides is 1. The van der Waals surface area contributed by atoms with Crippen LogP contribution in [0.2, 0.25) is 0 Å². The quantitative estimate of drug-likeness (QED) is 0.867. The van der Waals surface area contributed by atoms with E-state index in [1.54, 1.807) is 0 Å². The van der Waals surface area contributed by atoms with E-state index in [4.69, 9.17) is 0 Å². The molecule has 1 fully saturated rings. The summed E-state index contributed by atoms with van der Waals surface area (Å²) in [5, 5.41) is 0. The van der Waals surface area contributed by atoms with E-state index >= 15 is 0 Å². The lowest BCUT2D eigenvalue weighted by molar-refractivity contribution is -0.117.